The molecule has 1 atom stereocenters. The van der Waals surface area contributed by atoms with Crippen molar-refractivity contribution in [2.24, 2.45) is 0 Å². The van der Waals surface area contributed by atoms with E-state index in [2.05, 4.69) is 34.9 Å². The first-order valence-electron chi connectivity index (χ1n) is 6.22. The molecular weight excluding hydrogens is 252 g/mol. The van der Waals surface area contributed by atoms with E-state index in [0.717, 1.165) is 0 Å². The van der Waals surface area contributed by atoms with Crippen LogP contribution in [0.1, 0.15) is 17.2 Å². The fourth-order valence-electron chi connectivity index (χ4n) is 2.27. The second-order valence-electron chi connectivity index (χ2n) is 4.43. The lowest BCUT2D eigenvalue weighted by Crippen LogP contribution is -2.40. The molecule has 19 heavy (non-hydrogen) atoms. The molecule has 0 bridgehead atoms. The standard InChI is InChI=1S/C16H14N2S/c19-16-17-11-14(12-7-3-1-4-8-12)15(18-16)13-9-5-2-6-10-13/h1-11,15H,(H2,17,18,19). The highest BCUT2D eigenvalue weighted by atomic mass is 32.1. The van der Waals surface area contributed by atoms with Crippen molar-refractivity contribution >= 4 is 22.9 Å². The van der Waals surface area contributed by atoms with Gasteiger partial charge in [-0.3, -0.25) is 0 Å². The normalized spacial score (nSPS) is 18.2. The predicted octanol–water partition coefficient (Wildman–Crippen LogP) is 3.25. The Morgan fingerprint density at radius 2 is 1.47 bits per heavy atom. The first-order chi connectivity index (χ1) is 9.34. The molecule has 2 aromatic rings. The largest absolute Gasteiger partial charge is 0.351 e. The molecule has 1 aliphatic rings. The predicted molar refractivity (Wildman–Crippen MR) is 82.5 cm³/mol. The number of hydrogen-bond acceptors (Lipinski definition) is 1. The van der Waals surface area contributed by atoms with Crippen LogP contribution in [0.3, 0.4) is 0 Å². The average Bonchev–Trinajstić information content (AvgIpc) is 2.49. The highest BCUT2D eigenvalue weighted by molar-refractivity contribution is 7.80. The Morgan fingerprint density at radius 3 is 2.16 bits per heavy atom. The maximum atomic E-state index is 5.22. The van der Waals surface area contributed by atoms with Crippen LogP contribution in [0.25, 0.3) is 5.57 Å². The summed E-state index contributed by atoms with van der Waals surface area (Å²) in [6.07, 6.45) is 1.99. The van der Waals surface area contributed by atoms with Gasteiger partial charge in [0, 0.05) is 11.8 Å². The van der Waals surface area contributed by atoms with E-state index in [4.69, 9.17) is 12.2 Å². The molecule has 0 radical (unpaired) electrons. The Kier molecular flexibility index (Phi) is 3.29. The Hall–Kier alpha value is -2.13. The summed E-state index contributed by atoms with van der Waals surface area (Å²) < 4.78 is 0. The number of nitrogens with one attached hydrogen (secondary N) is 2. The van der Waals surface area contributed by atoms with Gasteiger partial charge in [-0.2, -0.15) is 0 Å². The molecule has 2 nitrogen and oxygen atoms in total. The van der Waals surface area contributed by atoms with Gasteiger partial charge in [0.25, 0.3) is 0 Å². The maximum Gasteiger partial charge on any atom is 0.171 e. The van der Waals surface area contributed by atoms with Crippen molar-refractivity contribution in [2.75, 3.05) is 0 Å². The fourth-order valence-corrected chi connectivity index (χ4v) is 2.44. The molecule has 1 heterocycles. The first kappa shape index (κ1) is 11.9. The second kappa shape index (κ2) is 5.24. The molecule has 0 aliphatic carbocycles. The van der Waals surface area contributed by atoms with Gasteiger partial charge >= 0.3 is 0 Å². The third-order valence-electron chi connectivity index (χ3n) is 3.19. The summed E-state index contributed by atoms with van der Waals surface area (Å²) in [7, 11) is 0. The second-order valence-corrected chi connectivity index (χ2v) is 4.84. The minimum atomic E-state index is 0.0948. The van der Waals surface area contributed by atoms with Crippen molar-refractivity contribution < 1.29 is 0 Å². The molecule has 94 valence electrons. The van der Waals surface area contributed by atoms with E-state index in [9.17, 15) is 0 Å². The summed E-state index contributed by atoms with van der Waals surface area (Å²) >= 11 is 5.22. The maximum absolute atomic E-state index is 5.22. The lowest BCUT2D eigenvalue weighted by Gasteiger charge is -2.28. The molecule has 1 aliphatic heterocycles. The summed E-state index contributed by atoms with van der Waals surface area (Å²) in [5.74, 6) is 0. The molecule has 0 spiro atoms. The van der Waals surface area contributed by atoms with Gasteiger partial charge in [0.2, 0.25) is 0 Å². The molecule has 0 amide bonds. The van der Waals surface area contributed by atoms with Crippen LogP contribution in [0, 0.1) is 0 Å². The summed E-state index contributed by atoms with van der Waals surface area (Å²) in [4.78, 5) is 0. The van der Waals surface area contributed by atoms with E-state index in [1.165, 1.54) is 16.7 Å². The van der Waals surface area contributed by atoms with Gasteiger partial charge in [-0.05, 0) is 23.3 Å². The highest BCUT2D eigenvalue weighted by Crippen LogP contribution is 2.30. The van der Waals surface area contributed by atoms with Crippen molar-refractivity contribution in [1.29, 1.82) is 0 Å². The first-order valence-corrected chi connectivity index (χ1v) is 6.63. The minimum absolute atomic E-state index is 0.0948. The van der Waals surface area contributed by atoms with E-state index in [-0.39, 0.29) is 6.04 Å². The van der Waals surface area contributed by atoms with Crippen molar-refractivity contribution in [3.8, 4) is 0 Å². The highest BCUT2D eigenvalue weighted by Gasteiger charge is 2.22. The van der Waals surface area contributed by atoms with Crippen LogP contribution in [0.4, 0.5) is 0 Å². The zero-order valence-electron chi connectivity index (χ0n) is 10.3. The lowest BCUT2D eigenvalue weighted by atomic mass is 9.93. The van der Waals surface area contributed by atoms with E-state index in [0.29, 0.717) is 5.11 Å². The molecule has 0 fully saturated rings. The molecule has 2 aromatic carbocycles. The summed E-state index contributed by atoms with van der Waals surface area (Å²) in [6.45, 7) is 0. The third-order valence-corrected chi connectivity index (χ3v) is 3.42. The molecule has 3 rings (SSSR count). The molecule has 0 saturated heterocycles. The Balaban J connectivity index is 2.03. The van der Waals surface area contributed by atoms with E-state index in [1.807, 2.05) is 42.6 Å². The molecular formula is C16H14N2S. The van der Waals surface area contributed by atoms with Gasteiger partial charge in [-0.1, -0.05) is 60.7 Å². The summed E-state index contributed by atoms with van der Waals surface area (Å²) in [6, 6.07) is 20.8. The summed E-state index contributed by atoms with van der Waals surface area (Å²) in [5.41, 5.74) is 3.60. The molecule has 2 N–H and O–H groups in total. The molecule has 3 heteroatoms. The van der Waals surface area contributed by atoms with Crippen molar-refractivity contribution in [1.82, 2.24) is 10.6 Å². The Labute approximate surface area is 118 Å². The number of rotatable bonds is 2. The summed E-state index contributed by atoms with van der Waals surface area (Å²) in [5, 5.41) is 7.08. The van der Waals surface area contributed by atoms with E-state index >= 15 is 0 Å². The molecule has 0 aromatic heterocycles. The molecule has 0 saturated carbocycles. The van der Waals surface area contributed by atoms with Gasteiger partial charge in [-0.15, -0.1) is 0 Å². The van der Waals surface area contributed by atoms with Crippen LogP contribution in [0.5, 0.6) is 0 Å². The zero-order chi connectivity index (χ0) is 13.1. The third kappa shape index (κ3) is 2.51. The number of thiocarbonyl (C=S) groups is 1. The lowest BCUT2D eigenvalue weighted by molar-refractivity contribution is 0.778. The number of benzene rings is 2. The van der Waals surface area contributed by atoms with Gasteiger partial charge < -0.3 is 10.6 Å². The van der Waals surface area contributed by atoms with Crippen LogP contribution in [-0.2, 0) is 0 Å². The van der Waals surface area contributed by atoms with Crippen molar-refractivity contribution in [2.45, 2.75) is 6.04 Å². The molecule has 1 unspecified atom stereocenters. The minimum Gasteiger partial charge on any atom is -0.351 e. The quantitative estimate of drug-likeness (QED) is 0.816. The van der Waals surface area contributed by atoms with Crippen LogP contribution >= 0.6 is 12.2 Å². The van der Waals surface area contributed by atoms with Gasteiger partial charge in [0.15, 0.2) is 5.11 Å². The van der Waals surface area contributed by atoms with E-state index in [1.54, 1.807) is 0 Å². The van der Waals surface area contributed by atoms with Gasteiger partial charge in [-0.25, -0.2) is 0 Å². The number of hydrogen-bond donors (Lipinski definition) is 2. The topological polar surface area (TPSA) is 24.1 Å². The van der Waals surface area contributed by atoms with Crippen molar-refractivity contribution in [3.05, 3.63) is 78.0 Å². The van der Waals surface area contributed by atoms with Gasteiger partial charge in [0.05, 0.1) is 6.04 Å². The van der Waals surface area contributed by atoms with Crippen LogP contribution < -0.4 is 10.6 Å². The van der Waals surface area contributed by atoms with Crippen molar-refractivity contribution in [3.63, 3.8) is 0 Å². The van der Waals surface area contributed by atoms with E-state index < -0.39 is 0 Å². The average molecular weight is 266 g/mol. The van der Waals surface area contributed by atoms with Crippen LogP contribution in [0.15, 0.2) is 66.9 Å². The van der Waals surface area contributed by atoms with Crippen LogP contribution in [0.2, 0.25) is 0 Å². The monoisotopic (exact) mass is 266 g/mol. The Morgan fingerprint density at radius 1 is 0.842 bits per heavy atom. The smallest absolute Gasteiger partial charge is 0.171 e. The van der Waals surface area contributed by atoms with Crippen LogP contribution in [-0.4, -0.2) is 5.11 Å². The van der Waals surface area contributed by atoms with Gasteiger partial charge in [0.1, 0.15) is 0 Å². The zero-order valence-corrected chi connectivity index (χ0v) is 11.2. The Bertz CT molecular complexity index is 605. The SMILES string of the molecule is S=C1NC=C(c2ccccc2)C(c2ccccc2)N1. The fraction of sp³-hybridized carbons (Fsp3) is 0.0625.